The number of amides is 2. The second kappa shape index (κ2) is 9.52. The Morgan fingerprint density at radius 2 is 1.77 bits per heavy atom. The molecule has 2 heterocycles. The van der Waals surface area contributed by atoms with Gasteiger partial charge in [0, 0.05) is 39.3 Å². The zero-order valence-electron chi connectivity index (χ0n) is 18.4. The zero-order chi connectivity index (χ0) is 21.8. The van der Waals surface area contributed by atoms with Gasteiger partial charge in [0.15, 0.2) is 6.61 Å². The molecule has 2 aliphatic rings. The average Bonchev–Trinajstić information content (AvgIpc) is 2.97. The predicted octanol–water partition coefficient (Wildman–Crippen LogP) is 2.63. The van der Waals surface area contributed by atoms with Crippen molar-refractivity contribution in [1.29, 1.82) is 0 Å². The highest BCUT2D eigenvalue weighted by Gasteiger charge is 2.38. The molecule has 2 aliphatic heterocycles. The molecule has 2 aromatic carbocycles. The quantitative estimate of drug-likeness (QED) is 0.745. The number of carbonyl (C=O) groups excluding carboxylic acids is 2. The maximum atomic E-state index is 13.3. The first-order valence-corrected chi connectivity index (χ1v) is 11.1. The molecule has 31 heavy (non-hydrogen) atoms. The standard InChI is InChI=1S/C25H31N3O3/c1-19-6-3-8-21(14-19)16-28-13-12-26-10-5-11-27(17-23(26)25(28)30)24(29)18-31-22-9-4-7-20(2)15-22/h3-4,6-9,14-15,23H,5,10-13,16-18H2,1-2H3. The number of piperazine rings is 1. The predicted molar refractivity (Wildman–Crippen MR) is 120 cm³/mol. The molecule has 0 saturated carbocycles. The summed E-state index contributed by atoms with van der Waals surface area (Å²) in [6.45, 7) is 8.20. The number of rotatable bonds is 5. The van der Waals surface area contributed by atoms with Crippen LogP contribution in [0.15, 0.2) is 48.5 Å². The SMILES string of the molecule is Cc1cccc(CN2CCN3CCCN(C(=O)COc4cccc(C)c4)CC3C2=O)c1. The molecule has 6 heteroatoms. The Morgan fingerprint density at radius 3 is 2.55 bits per heavy atom. The van der Waals surface area contributed by atoms with Gasteiger partial charge in [-0.2, -0.15) is 0 Å². The van der Waals surface area contributed by atoms with Crippen LogP contribution in [0.25, 0.3) is 0 Å². The van der Waals surface area contributed by atoms with Crippen LogP contribution in [0, 0.1) is 13.8 Å². The minimum absolute atomic E-state index is 0.00261. The van der Waals surface area contributed by atoms with Crippen molar-refractivity contribution in [3.63, 3.8) is 0 Å². The maximum Gasteiger partial charge on any atom is 0.260 e. The van der Waals surface area contributed by atoms with E-state index in [9.17, 15) is 9.59 Å². The third-order valence-electron chi connectivity index (χ3n) is 6.12. The van der Waals surface area contributed by atoms with Crippen LogP contribution in [-0.2, 0) is 16.1 Å². The number of fused-ring (bicyclic) bond motifs is 1. The first-order valence-electron chi connectivity index (χ1n) is 11.1. The molecular formula is C25H31N3O3. The zero-order valence-corrected chi connectivity index (χ0v) is 18.4. The number of nitrogens with zero attached hydrogens (tertiary/aromatic N) is 3. The minimum Gasteiger partial charge on any atom is -0.484 e. The van der Waals surface area contributed by atoms with E-state index >= 15 is 0 Å². The largest absolute Gasteiger partial charge is 0.484 e. The number of ether oxygens (including phenoxy) is 1. The van der Waals surface area contributed by atoms with Crippen molar-refractivity contribution in [2.75, 3.05) is 39.3 Å². The topological polar surface area (TPSA) is 53.1 Å². The summed E-state index contributed by atoms with van der Waals surface area (Å²) in [6, 6.07) is 15.7. The third-order valence-corrected chi connectivity index (χ3v) is 6.12. The van der Waals surface area contributed by atoms with Crippen molar-refractivity contribution < 1.29 is 14.3 Å². The van der Waals surface area contributed by atoms with Gasteiger partial charge in [-0.1, -0.05) is 42.0 Å². The molecule has 164 valence electrons. The Morgan fingerprint density at radius 1 is 1.00 bits per heavy atom. The van der Waals surface area contributed by atoms with Crippen molar-refractivity contribution in [3.8, 4) is 5.75 Å². The lowest BCUT2D eigenvalue weighted by atomic mass is 10.1. The summed E-state index contributed by atoms with van der Waals surface area (Å²) in [5.74, 6) is 0.752. The summed E-state index contributed by atoms with van der Waals surface area (Å²) < 4.78 is 5.72. The third kappa shape index (κ3) is 5.25. The first-order chi connectivity index (χ1) is 15.0. The Hall–Kier alpha value is -2.86. The van der Waals surface area contributed by atoms with Gasteiger partial charge < -0.3 is 14.5 Å². The molecule has 6 nitrogen and oxygen atoms in total. The smallest absolute Gasteiger partial charge is 0.260 e. The Balaban J connectivity index is 1.39. The molecule has 0 bridgehead atoms. The number of benzene rings is 2. The highest BCUT2D eigenvalue weighted by molar-refractivity contribution is 5.84. The normalized spacial score (nSPS) is 19.7. The molecule has 0 radical (unpaired) electrons. The molecular weight excluding hydrogens is 390 g/mol. The summed E-state index contributed by atoms with van der Waals surface area (Å²) in [6.07, 6.45) is 0.873. The molecule has 2 aromatic rings. The molecule has 0 aliphatic carbocycles. The van der Waals surface area contributed by atoms with Gasteiger partial charge in [0.25, 0.3) is 5.91 Å². The lowest BCUT2D eigenvalue weighted by Gasteiger charge is -2.40. The molecule has 0 spiro atoms. The fraction of sp³-hybridized carbons (Fsp3) is 0.440. The van der Waals surface area contributed by atoms with Gasteiger partial charge in [-0.25, -0.2) is 0 Å². The van der Waals surface area contributed by atoms with Gasteiger partial charge >= 0.3 is 0 Å². The summed E-state index contributed by atoms with van der Waals surface area (Å²) in [7, 11) is 0. The van der Waals surface area contributed by atoms with Gasteiger partial charge in [0.05, 0.1) is 0 Å². The molecule has 0 N–H and O–H groups in total. The number of hydrogen-bond donors (Lipinski definition) is 0. The van der Waals surface area contributed by atoms with Crippen LogP contribution >= 0.6 is 0 Å². The number of carbonyl (C=O) groups is 2. The second-order valence-corrected chi connectivity index (χ2v) is 8.60. The van der Waals surface area contributed by atoms with E-state index in [0.717, 1.165) is 37.2 Å². The van der Waals surface area contributed by atoms with Crippen LogP contribution < -0.4 is 4.74 Å². The van der Waals surface area contributed by atoms with E-state index in [-0.39, 0.29) is 24.5 Å². The van der Waals surface area contributed by atoms with Gasteiger partial charge in [0.2, 0.25) is 5.91 Å². The van der Waals surface area contributed by atoms with Gasteiger partial charge in [0.1, 0.15) is 11.8 Å². The van der Waals surface area contributed by atoms with Crippen molar-refractivity contribution in [2.45, 2.75) is 32.9 Å². The summed E-state index contributed by atoms with van der Waals surface area (Å²) in [5.41, 5.74) is 3.44. The van der Waals surface area contributed by atoms with Crippen molar-refractivity contribution in [1.82, 2.24) is 14.7 Å². The van der Waals surface area contributed by atoms with Crippen LogP contribution in [0.2, 0.25) is 0 Å². The fourth-order valence-corrected chi connectivity index (χ4v) is 4.46. The van der Waals surface area contributed by atoms with Crippen LogP contribution in [0.5, 0.6) is 5.75 Å². The maximum absolute atomic E-state index is 13.3. The molecule has 0 aromatic heterocycles. The molecule has 2 saturated heterocycles. The van der Waals surface area contributed by atoms with Crippen molar-refractivity contribution >= 4 is 11.8 Å². The van der Waals surface area contributed by atoms with E-state index in [1.165, 1.54) is 5.56 Å². The summed E-state index contributed by atoms with van der Waals surface area (Å²) in [5, 5.41) is 0. The molecule has 1 atom stereocenters. The van der Waals surface area contributed by atoms with Gasteiger partial charge in [-0.15, -0.1) is 0 Å². The lowest BCUT2D eigenvalue weighted by molar-refractivity contribution is -0.144. The Bertz CT molecular complexity index is 945. The minimum atomic E-state index is -0.274. The highest BCUT2D eigenvalue weighted by atomic mass is 16.5. The summed E-state index contributed by atoms with van der Waals surface area (Å²) >= 11 is 0. The summed E-state index contributed by atoms with van der Waals surface area (Å²) in [4.78, 5) is 32.1. The van der Waals surface area contributed by atoms with E-state index in [2.05, 4.69) is 30.0 Å². The van der Waals surface area contributed by atoms with Crippen molar-refractivity contribution in [2.24, 2.45) is 0 Å². The van der Waals surface area contributed by atoms with Gasteiger partial charge in [-0.3, -0.25) is 14.5 Å². The van der Waals surface area contributed by atoms with E-state index in [1.807, 2.05) is 42.2 Å². The van der Waals surface area contributed by atoms with E-state index in [4.69, 9.17) is 4.74 Å². The van der Waals surface area contributed by atoms with Crippen LogP contribution in [-0.4, -0.2) is 71.9 Å². The van der Waals surface area contributed by atoms with Crippen LogP contribution in [0.1, 0.15) is 23.1 Å². The van der Waals surface area contributed by atoms with E-state index in [0.29, 0.717) is 25.4 Å². The highest BCUT2D eigenvalue weighted by Crippen LogP contribution is 2.20. The van der Waals surface area contributed by atoms with E-state index < -0.39 is 0 Å². The van der Waals surface area contributed by atoms with Gasteiger partial charge in [-0.05, 0) is 43.5 Å². The molecule has 4 rings (SSSR count). The number of hydrogen-bond acceptors (Lipinski definition) is 4. The van der Waals surface area contributed by atoms with Crippen LogP contribution in [0.3, 0.4) is 0 Å². The number of aryl methyl sites for hydroxylation is 2. The van der Waals surface area contributed by atoms with Crippen LogP contribution in [0.4, 0.5) is 0 Å². The monoisotopic (exact) mass is 421 g/mol. The Labute approximate surface area is 184 Å². The Kier molecular flexibility index (Phi) is 6.56. The molecule has 2 fully saturated rings. The second-order valence-electron chi connectivity index (χ2n) is 8.60. The molecule has 2 amide bonds. The van der Waals surface area contributed by atoms with E-state index in [1.54, 1.807) is 4.90 Å². The van der Waals surface area contributed by atoms with Crippen molar-refractivity contribution in [3.05, 3.63) is 65.2 Å². The average molecular weight is 422 g/mol. The lowest BCUT2D eigenvalue weighted by Crippen LogP contribution is -2.59. The molecule has 1 unspecified atom stereocenters. The first kappa shape index (κ1) is 21.4. The fourth-order valence-electron chi connectivity index (χ4n) is 4.46.